The first kappa shape index (κ1) is 20.1. The van der Waals surface area contributed by atoms with Crippen molar-refractivity contribution < 1.29 is 0 Å². The molecular weight excluding hydrogens is 380 g/mol. The van der Waals surface area contributed by atoms with Gasteiger partial charge in [-0.25, -0.2) is 0 Å². The van der Waals surface area contributed by atoms with Gasteiger partial charge in [-0.05, 0) is 31.7 Å². The van der Waals surface area contributed by atoms with Gasteiger partial charge in [-0.2, -0.15) is 0 Å². The highest BCUT2D eigenvalue weighted by molar-refractivity contribution is 6.40. The van der Waals surface area contributed by atoms with Crippen LogP contribution < -0.4 is 0 Å². The summed E-state index contributed by atoms with van der Waals surface area (Å²) in [5.74, 6) is 0.871. The van der Waals surface area contributed by atoms with Gasteiger partial charge >= 0.3 is 0 Å². The number of allylic oxidation sites excluding steroid dienone is 1. The molecule has 2 aliphatic rings. The Hall–Kier alpha value is -1.63. The lowest BCUT2D eigenvalue weighted by Crippen LogP contribution is -2.57. The number of halogens is 2. The zero-order chi connectivity index (χ0) is 19.4. The maximum atomic E-state index is 6.44. The fourth-order valence-corrected chi connectivity index (χ4v) is 4.13. The third kappa shape index (κ3) is 4.45. The molecule has 27 heavy (non-hydrogen) atoms. The minimum absolute atomic E-state index is 0.0785. The smallest absolute Gasteiger partial charge is 0.134 e. The summed E-state index contributed by atoms with van der Waals surface area (Å²) in [4.78, 5) is 17.3. The van der Waals surface area contributed by atoms with Crippen LogP contribution in [0, 0.1) is 0 Å². The Morgan fingerprint density at radius 1 is 1.30 bits per heavy atom. The van der Waals surface area contributed by atoms with E-state index in [4.69, 9.17) is 31.0 Å². The van der Waals surface area contributed by atoms with Crippen molar-refractivity contribution in [2.45, 2.75) is 18.4 Å². The highest BCUT2D eigenvalue weighted by Crippen LogP contribution is 2.45. The number of amidine groups is 1. The van der Waals surface area contributed by atoms with Crippen molar-refractivity contribution in [3.05, 3.63) is 45.5 Å². The van der Waals surface area contributed by atoms with Crippen LogP contribution in [-0.4, -0.2) is 75.3 Å². The lowest BCUT2D eigenvalue weighted by atomic mass is 9.99. The molecule has 0 aromatic heterocycles. The van der Waals surface area contributed by atoms with Gasteiger partial charge in [0.15, 0.2) is 0 Å². The van der Waals surface area contributed by atoms with Crippen molar-refractivity contribution in [1.82, 2.24) is 9.80 Å². The van der Waals surface area contributed by atoms with E-state index in [1.54, 1.807) is 13.3 Å². The summed E-state index contributed by atoms with van der Waals surface area (Å²) in [6.45, 7) is 6.64. The second kappa shape index (κ2) is 8.59. The van der Waals surface area contributed by atoms with Crippen molar-refractivity contribution in [3.8, 4) is 0 Å². The molecule has 1 aromatic rings. The lowest BCUT2D eigenvalue weighted by molar-refractivity contribution is 0.116. The summed E-state index contributed by atoms with van der Waals surface area (Å²) >= 11 is 12.9. The van der Waals surface area contributed by atoms with E-state index >= 15 is 0 Å². The van der Waals surface area contributed by atoms with Gasteiger partial charge < -0.3 is 4.90 Å². The molecule has 0 atom stereocenters. The Morgan fingerprint density at radius 3 is 2.59 bits per heavy atom. The molecule has 0 amide bonds. The molecule has 1 saturated heterocycles. The Morgan fingerprint density at radius 2 is 2.00 bits per heavy atom. The van der Waals surface area contributed by atoms with Gasteiger partial charge in [0.05, 0.1) is 27.8 Å². The summed E-state index contributed by atoms with van der Waals surface area (Å²) in [5, 5.41) is 1.26. The molecular formula is C19H22BCl2N5. The molecule has 2 radical (unpaired) electrons. The first-order valence-electron chi connectivity index (χ1n) is 8.83. The van der Waals surface area contributed by atoms with Crippen molar-refractivity contribution in [2.75, 3.05) is 33.4 Å². The van der Waals surface area contributed by atoms with Crippen LogP contribution in [0.15, 0.2) is 44.8 Å². The zero-order valence-electron chi connectivity index (χ0n) is 15.4. The maximum absolute atomic E-state index is 6.44. The number of benzene rings is 1. The number of aliphatic imine (C=N–C) groups is 3. The molecule has 1 aliphatic carbocycles. The van der Waals surface area contributed by atoms with Crippen LogP contribution in [0.4, 0.5) is 0 Å². The van der Waals surface area contributed by atoms with Crippen molar-refractivity contribution >= 4 is 49.8 Å². The lowest BCUT2D eigenvalue weighted by Gasteiger charge is -2.43. The average molecular weight is 402 g/mol. The van der Waals surface area contributed by atoms with Crippen LogP contribution in [0.2, 0.25) is 10.0 Å². The highest BCUT2D eigenvalue weighted by Gasteiger charge is 2.52. The van der Waals surface area contributed by atoms with Gasteiger partial charge in [0, 0.05) is 39.1 Å². The largest absolute Gasteiger partial charge is 0.348 e. The van der Waals surface area contributed by atoms with Gasteiger partial charge in [-0.3, -0.25) is 19.9 Å². The zero-order valence-corrected chi connectivity index (χ0v) is 16.9. The predicted octanol–water partition coefficient (Wildman–Crippen LogP) is 3.26. The van der Waals surface area contributed by atoms with E-state index in [-0.39, 0.29) is 5.54 Å². The third-order valence-electron chi connectivity index (χ3n) is 4.97. The number of hydrogen-bond donors (Lipinski definition) is 0. The standard InChI is InChI=1S/C19H22BCl2N5/c1-23-10-14(20)11-25-13-26-8-9-27(19(12-26)6-7-19)18(24-2)17-15(21)4-3-5-16(17)22/h3-5,10-11H,1,6-9,12-13H2,2H3/b14-10+,24-18?,25-11-. The normalized spacial score (nSPS) is 20.5. The fraction of sp³-hybridized carbons (Fsp3) is 0.421. The van der Waals surface area contributed by atoms with E-state index in [9.17, 15) is 0 Å². The number of hydrogen-bond acceptors (Lipinski definition) is 4. The molecule has 0 unspecified atom stereocenters. The molecule has 2 fully saturated rings. The molecule has 0 N–H and O–H groups in total. The molecule has 140 valence electrons. The Labute approximate surface area is 171 Å². The van der Waals surface area contributed by atoms with Gasteiger partial charge in [-0.15, -0.1) is 0 Å². The van der Waals surface area contributed by atoms with E-state index in [2.05, 4.69) is 31.5 Å². The minimum atomic E-state index is 0.0785. The first-order valence-corrected chi connectivity index (χ1v) is 9.59. The fourth-order valence-electron chi connectivity index (χ4n) is 3.56. The van der Waals surface area contributed by atoms with E-state index in [1.807, 2.05) is 18.2 Å². The van der Waals surface area contributed by atoms with Gasteiger partial charge in [0.2, 0.25) is 0 Å². The monoisotopic (exact) mass is 401 g/mol. The average Bonchev–Trinajstić information content (AvgIpc) is 3.39. The second-order valence-corrected chi connectivity index (χ2v) is 7.65. The van der Waals surface area contributed by atoms with Crippen molar-refractivity contribution in [1.29, 1.82) is 0 Å². The summed E-state index contributed by atoms with van der Waals surface area (Å²) in [5.41, 5.74) is 1.39. The van der Waals surface area contributed by atoms with E-state index in [0.29, 0.717) is 22.2 Å². The molecule has 1 aliphatic heterocycles. The SMILES string of the molecule is [B]C(/C=N\CN1CCN(C(=NC)c2c(Cl)cccc2Cl)C2(CC2)C1)=C/N=C. The first-order chi connectivity index (χ1) is 13.0. The topological polar surface area (TPSA) is 43.6 Å². The van der Waals surface area contributed by atoms with Crippen LogP contribution in [0.1, 0.15) is 18.4 Å². The van der Waals surface area contributed by atoms with E-state index < -0.39 is 0 Å². The summed E-state index contributed by atoms with van der Waals surface area (Å²) in [6, 6.07) is 5.56. The molecule has 1 aromatic carbocycles. The molecule has 1 heterocycles. The van der Waals surface area contributed by atoms with Crippen LogP contribution in [-0.2, 0) is 0 Å². The number of piperazine rings is 1. The predicted molar refractivity (Wildman–Crippen MR) is 116 cm³/mol. The molecule has 1 saturated carbocycles. The van der Waals surface area contributed by atoms with E-state index in [1.165, 1.54) is 6.20 Å². The molecule has 1 spiro atoms. The summed E-state index contributed by atoms with van der Waals surface area (Å²) < 4.78 is 0. The highest BCUT2D eigenvalue weighted by atomic mass is 35.5. The van der Waals surface area contributed by atoms with Crippen LogP contribution in [0.3, 0.4) is 0 Å². The summed E-state index contributed by atoms with van der Waals surface area (Å²) in [6.07, 6.45) is 5.36. The third-order valence-corrected chi connectivity index (χ3v) is 5.60. The molecule has 3 rings (SSSR count). The molecule has 0 bridgehead atoms. The van der Waals surface area contributed by atoms with Crippen LogP contribution in [0.25, 0.3) is 0 Å². The quantitative estimate of drug-likeness (QED) is 0.431. The Kier molecular flexibility index (Phi) is 6.40. The van der Waals surface area contributed by atoms with E-state index in [0.717, 1.165) is 43.9 Å². The Balaban J connectivity index is 1.73. The van der Waals surface area contributed by atoms with Gasteiger partial charge in [0.1, 0.15) is 13.7 Å². The maximum Gasteiger partial charge on any atom is 0.134 e. The van der Waals surface area contributed by atoms with Gasteiger partial charge in [-0.1, -0.05) is 34.7 Å². The second-order valence-electron chi connectivity index (χ2n) is 6.84. The number of nitrogens with zero attached hydrogens (tertiary/aromatic N) is 5. The summed E-state index contributed by atoms with van der Waals surface area (Å²) in [7, 11) is 7.54. The van der Waals surface area contributed by atoms with Crippen molar-refractivity contribution in [2.24, 2.45) is 15.0 Å². The molecule has 5 nitrogen and oxygen atoms in total. The van der Waals surface area contributed by atoms with Crippen LogP contribution in [0.5, 0.6) is 0 Å². The Bertz CT molecular complexity index is 781. The van der Waals surface area contributed by atoms with Crippen LogP contribution >= 0.6 is 23.2 Å². The minimum Gasteiger partial charge on any atom is -0.348 e. The molecule has 8 heteroatoms. The number of rotatable bonds is 5. The van der Waals surface area contributed by atoms with Crippen molar-refractivity contribution in [3.63, 3.8) is 0 Å². The van der Waals surface area contributed by atoms with Gasteiger partial charge in [0.25, 0.3) is 0 Å².